The van der Waals surface area contributed by atoms with Crippen molar-refractivity contribution in [3.63, 3.8) is 0 Å². The lowest BCUT2D eigenvalue weighted by molar-refractivity contribution is -0.390. The van der Waals surface area contributed by atoms with E-state index < -0.39 is 21.7 Å². The molecule has 2 spiro atoms. The summed E-state index contributed by atoms with van der Waals surface area (Å²) in [5.41, 5.74) is 1.34. The first-order valence-electron chi connectivity index (χ1n) is 14.7. The Hall–Kier alpha value is -1.27. The molecule has 1 aromatic carbocycles. The van der Waals surface area contributed by atoms with Crippen LogP contribution in [0, 0.1) is 23.7 Å². The molecule has 0 aromatic heterocycles. The van der Waals surface area contributed by atoms with Gasteiger partial charge in [-0.3, -0.25) is 9.45 Å². The lowest BCUT2D eigenvalue weighted by Gasteiger charge is -2.57. The van der Waals surface area contributed by atoms with Crippen molar-refractivity contribution in [2.24, 2.45) is 23.7 Å². The van der Waals surface area contributed by atoms with E-state index in [1.165, 1.54) is 37.7 Å². The van der Waals surface area contributed by atoms with Crippen molar-refractivity contribution in [3.05, 3.63) is 29.8 Å². The van der Waals surface area contributed by atoms with Crippen molar-refractivity contribution in [2.75, 3.05) is 45.7 Å². The predicted molar refractivity (Wildman–Crippen MR) is 144 cm³/mol. The number of para-hydroxylation sites is 1. The standard InChI is InChI=1S/C28H39NO5.CH4O3S/c1-2-4-26(31-14-11-29-9-12-30-13-10-29)25(3-1)22-5-7-27(8-6-22)32-28(34-33-27)23-16-20-15-21(18-23)19-24(28)17-20;1-5(2,3)4/h1-4,20-24H,5-19H2;1H3,(H,2,3,4). The van der Waals surface area contributed by atoms with E-state index in [4.69, 9.17) is 28.5 Å². The molecule has 7 fully saturated rings. The Morgan fingerprint density at radius 3 is 2.23 bits per heavy atom. The largest absolute Gasteiger partial charge is 0.492 e. The maximum atomic E-state index is 9.19. The van der Waals surface area contributed by atoms with E-state index in [-0.39, 0.29) is 0 Å². The van der Waals surface area contributed by atoms with Crippen LogP contribution in [0.5, 0.6) is 5.75 Å². The highest BCUT2D eigenvalue weighted by atomic mass is 32.2. The molecule has 5 aliphatic carbocycles. The van der Waals surface area contributed by atoms with Gasteiger partial charge in [-0.1, -0.05) is 18.2 Å². The zero-order valence-electron chi connectivity index (χ0n) is 23.0. The lowest BCUT2D eigenvalue weighted by atomic mass is 9.53. The fourth-order valence-electron chi connectivity index (χ4n) is 8.22. The molecule has 0 radical (unpaired) electrons. The zero-order valence-corrected chi connectivity index (χ0v) is 23.8. The minimum absolute atomic E-state index is 0.458. The smallest absolute Gasteiger partial charge is 0.261 e. The monoisotopic (exact) mass is 565 g/mol. The van der Waals surface area contributed by atoms with Crippen molar-refractivity contribution in [1.82, 2.24) is 4.90 Å². The van der Waals surface area contributed by atoms with Crippen LogP contribution in [0.2, 0.25) is 0 Å². The van der Waals surface area contributed by atoms with Gasteiger partial charge in [0.05, 0.1) is 19.5 Å². The van der Waals surface area contributed by atoms with Gasteiger partial charge in [-0.05, 0) is 74.3 Å². The zero-order chi connectivity index (χ0) is 27.1. The fourth-order valence-corrected chi connectivity index (χ4v) is 8.22. The summed E-state index contributed by atoms with van der Waals surface area (Å²) in [6.45, 7) is 5.35. The summed E-state index contributed by atoms with van der Waals surface area (Å²) in [6.07, 6.45) is 11.1. The summed E-state index contributed by atoms with van der Waals surface area (Å²) in [4.78, 5) is 14.8. The van der Waals surface area contributed by atoms with Gasteiger partial charge in [0, 0.05) is 44.3 Å². The van der Waals surface area contributed by atoms with E-state index in [2.05, 4.69) is 29.2 Å². The van der Waals surface area contributed by atoms with Crippen LogP contribution in [-0.2, 0) is 29.4 Å². The molecule has 10 heteroatoms. The number of hydrogen-bond acceptors (Lipinski definition) is 8. The third-order valence-electron chi connectivity index (χ3n) is 9.82. The molecule has 0 amide bonds. The highest BCUT2D eigenvalue weighted by Gasteiger charge is 2.66. The summed E-state index contributed by atoms with van der Waals surface area (Å²) >= 11 is 0. The van der Waals surface area contributed by atoms with Gasteiger partial charge in [-0.25, -0.2) is 0 Å². The summed E-state index contributed by atoms with van der Waals surface area (Å²) in [5.74, 6) is 3.37. The van der Waals surface area contributed by atoms with Crippen molar-refractivity contribution < 1.29 is 37.0 Å². The molecule has 1 N–H and O–H groups in total. The molecular formula is C29H43NO8S. The van der Waals surface area contributed by atoms with Gasteiger partial charge in [-0.2, -0.15) is 18.2 Å². The highest BCUT2D eigenvalue weighted by Crippen LogP contribution is 2.64. The number of rotatable bonds is 5. The number of morpholine rings is 1. The Balaban J connectivity index is 0.000000510. The number of hydrogen-bond donors (Lipinski definition) is 1. The molecule has 2 heterocycles. The number of ether oxygens (including phenoxy) is 3. The molecule has 0 unspecified atom stereocenters. The van der Waals surface area contributed by atoms with Crippen LogP contribution in [0.3, 0.4) is 0 Å². The third kappa shape index (κ3) is 6.17. The third-order valence-corrected chi connectivity index (χ3v) is 9.82. The van der Waals surface area contributed by atoms with Gasteiger partial charge < -0.3 is 14.2 Å². The van der Waals surface area contributed by atoms with Gasteiger partial charge in [0.2, 0.25) is 11.6 Å². The molecule has 39 heavy (non-hydrogen) atoms. The molecular weight excluding hydrogens is 522 g/mol. The first-order valence-corrected chi connectivity index (χ1v) is 16.6. The molecule has 8 rings (SSSR count). The van der Waals surface area contributed by atoms with Crippen LogP contribution in [-0.4, -0.2) is 75.2 Å². The average Bonchev–Trinajstić information content (AvgIpc) is 3.27. The minimum atomic E-state index is -3.67. The second-order valence-corrected chi connectivity index (χ2v) is 14.0. The van der Waals surface area contributed by atoms with Crippen LogP contribution in [0.1, 0.15) is 69.3 Å². The molecule has 2 aliphatic heterocycles. The van der Waals surface area contributed by atoms with Crippen molar-refractivity contribution in [2.45, 2.75) is 75.3 Å². The summed E-state index contributed by atoms with van der Waals surface area (Å²) in [6, 6.07) is 8.61. The maximum Gasteiger partial charge on any atom is 0.261 e. The quantitative estimate of drug-likeness (QED) is 0.411. The predicted octanol–water partition coefficient (Wildman–Crippen LogP) is 4.39. The molecule has 9 nitrogen and oxygen atoms in total. The SMILES string of the molecule is CS(=O)(=O)O.c1ccc(C2CCC3(CC2)OOC2(O3)C3CC4CC(C3)CC2C4)c(OCCN2CCOCC2)c1. The topological polar surface area (TPSA) is 104 Å². The first-order chi connectivity index (χ1) is 18.7. The molecule has 1 aromatic rings. The van der Waals surface area contributed by atoms with Crippen LogP contribution in [0.25, 0.3) is 0 Å². The van der Waals surface area contributed by atoms with Crippen LogP contribution in [0.4, 0.5) is 0 Å². The Kier molecular flexibility index (Phi) is 8.00. The normalized spacial score (nSPS) is 39.6. The van der Waals surface area contributed by atoms with Gasteiger partial charge in [0.15, 0.2) is 0 Å². The summed E-state index contributed by atoms with van der Waals surface area (Å²) in [5, 5.41) is 0. The van der Waals surface area contributed by atoms with E-state index in [1.807, 2.05) is 0 Å². The second-order valence-electron chi connectivity index (χ2n) is 12.6. The van der Waals surface area contributed by atoms with Gasteiger partial charge in [0.1, 0.15) is 12.4 Å². The van der Waals surface area contributed by atoms with Gasteiger partial charge >= 0.3 is 0 Å². The van der Waals surface area contributed by atoms with Crippen molar-refractivity contribution >= 4 is 10.1 Å². The minimum Gasteiger partial charge on any atom is -0.492 e. The number of benzene rings is 1. The molecule has 7 aliphatic rings. The van der Waals surface area contributed by atoms with E-state index in [0.29, 0.717) is 24.0 Å². The second kappa shape index (κ2) is 11.2. The Bertz CT molecular complexity index is 1060. The maximum absolute atomic E-state index is 9.19. The summed E-state index contributed by atoms with van der Waals surface area (Å²) in [7, 11) is -3.67. The molecule has 5 saturated carbocycles. The van der Waals surface area contributed by atoms with Gasteiger partial charge in [0.25, 0.3) is 10.1 Å². The van der Waals surface area contributed by atoms with Gasteiger partial charge in [-0.15, -0.1) is 0 Å². The van der Waals surface area contributed by atoms with Crippen molar-refractivity contribution in [1.29, 1.82) is 0 Å². The van der Waals surface area contributed by atoms with Crippen LogP contribution in [0.15, 0.2) is 24.3 Å². The van der Waals surface area contributed by atoms with E-state index in [0.717, 1.165) is 82.7 Å². The van der Waals surface area contributed by atoms with Crippen LogP contribution >= 0.6 is 0 Å². The molecule has 2 saturated heterocycles. The highest BCUT2D eigenvalue weighted by molar-refractivity contribution is 7.85. The Morgan fingerprint density at radius 1 is 0.974 bits per heavy atom. The molecule has 0 atom stereocenters. The lowest BCUT2D eigenvalue weighted by Crippen LogP contribution is -2.59. The first kappa shape index (κ1) is 27.9. The van der Waals surface area contributed by atoms with Crippen molar-refractivity contribution in [3.8, 4) is 5.75 Å². The van der Waals surface area contributed by atoms with E-state index in [1.54, 1.807) is 0 Å². The fraction of sp³-hybridized carbons (Fsp3) is 0.793. The average molecular weight is 566 g/mol. The Labute approximate surface area is 232 Å². The Morgan fingerprint density at radius 2 is 1.59 bits per heavy atom. The number of nitrogens with zero attached hydrogens (tertiary/aromatic N) is 1. The molecule has 4 bridgehead atoms. The molecule has 218 valence electrons. The van der Waals surface area contributed by atoms with Crippen LogP contribution < -0.4 is 4.74 Å². The van der Waals surface area contributed by atoms with E-state index >= 15 is 0 Å². The van der Waals surface area contributed by atoms with E-state index in [9.17, 15) is 8.42 Å². The summed E-state index contributed by atoms with van der Waals surface area (Å²) < 4.78 is 44.5.